The van der Waals surface area contributed by atoms with E-state index in [2.05, 4.69) is 15.9 Å². The van der Waals surface area contributed by atoms with Crippen LogP contribution < -0.4 is 5.73 Å². The summed E-state index contributed by atoms with van der Waals surface area (Å²) in [5.41, 5.74) is 6.08. The fourth-order valence-corrected chi connectivity index (χ4v) is 3.55. The third kappa shape index (κ3) is 3.69. The molecule has 0 aliphatic heterocycles. The molecule has 19 heavy (non-hydrogen) atoms. The molecule has 0 aliphatic rings. The van der Waals surface area contributed by atoms with E-state index in [0.717, 1.165) is 0 Å². The predicted octanol–water partition coefficient (Wildman–Crippen LogP) is 2.34. The van der Waals surface area contributed by atoms with Gasteiger partial charge in [0.05, 0.1) is 11.0 Å². The fraction of sp³-hybridized carbons (Fsp3) is 0.417. The molecule has 104 valence electrons. The molecule has 0 heterocycles. The highest BCUT2D eigenvalue weighted by molar-refractivity contribution is 9.10. The highest BCUT2D eigenvalue weighted by Crippen LogP contribution is 2.25. The number of nitrogens with two attached hydrogens (primary N) is 1. The van der Waals surface area contributed by atoms with Crippen molar-refractivity contribution in [2.45, 2.75) is 31.2 Å². The Morgan fingerprint density at radius 1 is 1.47 bits per heavy atom. The predicted molar refractivity (Wildman–Crippen MR) is 77.8 cm³/mol. The maximum absolute atomic E-state index is 12.5. The first-order valence-corrected chi connectivity index (χ1v) is 7.98. The van der Waals surface area contributed by atoms with Crippen LogP contribution >= 0.6 is 15.9 Å². The molecule has 0 bridgehead atoms. The van der Waals surface area contributed by atoms with Crippen molar-refractivity contribution in [2.24, 2.45) is 0 Å². The Kier molecular flexibility index (Phi) is 5.35. The van der Waals surface area contributed by atoms with Crippen LogP contribution in [0.15, 0.2) is 27.6 Å². The van der Waals surface area contributed by atoms with E-state index in [9.17, 15) is 8.42 Å². The number of benzene rings is 1. The molecule has 1 rings (SSSR count). The van der Waals surface area contributed by atoms with E-state index >= 15 is 0 Å². The molecule has 0 atom stereocenters. The van der Waals surface area contributed by atoms with E-state index in [1.54, 1.807) is 19.9 Å². The molecule has 0 aromatic heterocycles. The number of nitrogen functional groups attached to an aromatic ring is 1. The lowest BCUT2D eigenvalue weighted by atomic mass is 10.3. The summed E-state index contributed by atoms with van der Waals surface area (Å²) in [5, 5.41) is 8.62. The van der Waals surface area contributed by atoms with Crippen molar-refractivity contribution < 1.29 is 8.42 Å². The maximum atomic E-state index is 12.5. The summed E-state index contributed by atoms with van der Waals surface area (Å²) in [4.78, 5) is 0.139. The van der Waals surface area contributed by atoms with Crippen molar-refractivity contribution >= 4 is 31.6 Å². The lowest BCUT2D eigenvalue weighted by molar-refractivity contribution is 0.360. The smallest absolute Gasteiger partial charge is 0.243 e. The Bertz CT molecular complexity index is 593. The zero-order valence-corrected chi connectivity index (χ0v) is 13.2. The van der Waals surface area contributed by atoms with E-state index in [0.29, 0.717) is 10.2 Å². The van der Waals surface area contributed by atoms with Crippen molar-refractivity contribution in [2.75, 3.05) is 12.3 Å². The van der Waals surface area contributed by atoms with Gasteiger partial charge in [-0.15, -0.1) is 0 Å². The number of hydrogen-bond donors (Lipinski definition) is 1. The van der Waals surface area contributed by atoms with Crippen LogP contribution in [0.25, 0.3) is 0 Å². The van der Waals surface area contributed by atoms with Gasteiger partial charge in [0, 0.05) is 29.2 Å². The molecule has 0 fully saturated rings. The summed E-state index contributed by atoms with van der Waals surface area (Å²) in [5.74, 6) is 0. The second-order valence-electron chi connectivity index (χ2n) is 4.30. The molecular formula is C12H16BrN3O2S. The maximum Gasteiger partial charge on any atom is 0.243 e. The quantitative estimate of drug-likeness (QED) is 0.829. The molecule has 7 heteroatoms. The topological polar surface area (TPSA) is 87.2 Å². The van der Waals surface area contributed by atoms with Crippen molar-refractivity contribution in [3.8, 4) is 6.07 Å². The van der Waals surface area contributed by atoms with E-state index in [1.807, 2.05) is 6.07 Å². The van der Waals surface area contributed by atoms with Crippen LogP contribution in [-0.4, -0.2) is 25.3 Å². The van der Waals surface area contributed by atoms with Gasteiger partial charge in [-0.25, -0.2) is 8.42 Å². The number of rotatable bonds is 5. The minimum absolute atomic E-state index is 0.139. The number of nitrogens with zero attached hydrogens (tertiary/aromatic N) is 2. The minimum Gasteiger partial charge on any atom is -0.398 e. The molecule has 0 saturated heterocycles. The Morgan fingerprint density at radius 2 is 2.11 bits per heavy atom. The monoisotopic (exact) mass is 345 g/mol. The summed E-state index contributed by atoms with van der Waals surface area (Å²) in [6, 6.07) is 6.26. The second-order valence-corrected chi connectivity index (χ2v) is 7.05. The van der Waals surface area contributed by atoms with Crippen LogP contribution in [0.2, 0.25) is 0 Å². The van der Waals surface area contributed by atoms with Crippen molar-refractivity contribution in [1.29, 1.82) is 5.26 Å². The van der Waals surface area contributed by atoms with Gasteiger partial charge in [0.25, 0.3) is 0 Å². The second kappa shape index (κ2) is 6.37. The molecule has 1 aromatic rings. The molecule has 0 amide bonds. The van der Waals surface area contributed by atoms with Gasteiger partial charge < -0.3 is 5.73 Å². The van der Waals surface area contributed by atoms with Gasteiger partial charge in [0.2, 0.25) is 10.0 Å². The van der Waals surface area contributed by atoms with Crippen LogP contribution in [0.4, 0.5) is 5.69 Å². The van der Waals surface area contributed by atoms with Gasteiger partial charge in [0.1, 0.15) is 0 Å². The molecular weight excluding hydrogens is 330 g/mol. The molecule has 1 aromatic carbocycles. The number of halogens is 1. The van der Waals surface area contributed by atoms with Crippen molar-refractivity contribution in [3.05, 3.63) is 22.7 Å². The zero-order chi connectivity index (χ0) is 14.6. The number of nitriles is 1. The minimum atomic E-state index is -3.63. The SMILES string of the molecule is CC(C)N(CCC#N)S(=O)(=O)c1ccc(Br)c(N)c1. The molecule has 0 saturated carbocycles. The number of sulfonamides is 1. The van der Waals surface area contributed by atoms with E-state index in [1.165, 1.54) is 16.4 Å². The zero-order valence-electron chi connectivity index (χ0n) is 10.8. The van der Waals surface area contributed by atoms with Gasteiger partial charge >= 0.3 is 0 Å². The van der Waals surface area contributed by atoms with Crippen LogP contribution in [-0.2, 0) is 10.0 Å². The van der Waals surface area contributed by atoms with Crippen LogP contribution in [0.5, 0.6) is 0 Å². The normalized spacial score (nSPS) is 11.8. The molecule has 0 aliphatic carbocycles. The first-order valence-electron chi connectivity index (χ1n) is 5.74. The molecule has 0 unspecified atom stereocenters. The highest BCUT2D eigenvalue weighted by Gasteiger charge is 2.26. The van der Waals surface area contributed by atoms with Crippen molar-refractivity contribution in [3.63, 3.8) is 0 Å². The van der Waals surface area contributed by atoms with E-state index in [-0.39, 0.29) is 23.9 Å². The first kappa shape index (κ1) is 16.0. The van der Waals surface area contributed by atoms with Crippen LogP contribution in [0.1, 0.15) is 20.3 Å². The van der Waals surface area contributed by atoms with Gasteiger partial charge in [-0.05, 0) is 48.0 Å². The van der Waals surface area contributed by atoms with Gasteiger partial charge in [-0.2, -0.15) is 9.57 Å². The standard InChI is InChI=1S/C12H16BrN3O2S/c1-9(2)16(7-3-6-14)19(17,18)10-4-5-11(13)12(15)8-10/h4-5,8-9H,3,7,15H2,1-2H3. The Labute approximate surface area is 122 Å². The third-order valence-electron chi connectivity index (χ3n) is 2.59. The van der Waals surface area contributed by atoms with Gasteiger partial charge in [-0.1, -0.05) is 0 Å². The summed E-state index contributed by atoms with van der Waals surface area (Å²) < 4.78 is 26.9. The summed E-state index contributed by atoms with van der Waals surface area (Å²) >= 11 is 3.23. The summed E-state index contributed by atoms with van der Waals surface area (Å²) in [6.07, 6.45) is 0.156. The average Bonchev–Trinajstić information content (AvgIpc) is 2.32. The summed E-state index contributed by atoms with van der Waals surface area (Å²) in [7, 11) is -3.63. The summed E-state index contributed by atoms with van der Waals surface area (Å²) in [6.45, 7) is 3.72. The molecule has 5 nitrogen and oxygen atoms in total. The number of anilines is 1. The first-order chi connectivity index (χ1) is 8.80. The number of hydrogen-bond acceptors (Lipinski definition) is 4. The largest absolute Gasteiger partial charge is 0.398 e. The lowest BCUT2D eigenvalue weighted by Crippen LogP contribution is -2.37. The Balaban J connectivity index is 3.19. The highest BCUT2D eigenvalue weighted by atomic mass is 79.9. The van der Waals surface area contributed by atoms with Crippen LogP contribution in [0.3, 0.4) is 0 Å². The lowest BCUT2D eigenvalue weighted by Gasteiger charge is -2.25. The van der Waals surface area contributed by atoms with Gasteiger partial charge in [-0.3, -0.25) is 0 Å². The van der Waals surface area contributed by atoms with E-state index in [4.69, 9.17) is 11.0 Å². The van der Waals surface area contributed by atoms with Crippen molar-refractivity contribution in [1.82, 2.24) is 4.31 Å². The molecule has 2 N–H and O–H groups in total. The molecule has 0 radical (unpaired) electrons. The van der Waals surface area contributed by atoms with Crippen LogP contribution in [0, 0.1) is 11.3 Å². The Morgan fingerprint density at radius 3 is 2.58 bits per heavy atom. The third-order valence-corrected chi connectivity index (χ3v) is 5.39. The average molecular weight is 346 g/mol. The fourth-order valence-electron chi connectivity index (χ4n) is 1.63. The molecule has 0 spiro atoms. The Hall–Kier alpha value is -1.10. The van der Waals surface area contributed by atoms with E-state index < -0.39 is 10.0 Å². The van der Waals surface area contributed by atoms with Gasteiger partial charge in [0.15, 0.2) is 0 Å².